The minimum Gasteiger partial charge on any atom is -0.433 e. The second-order valence-electron chi connectivity index (χ2n) is 4.84. The van der Waals surface area contributed by atoms with Crippen molar-refractivity contribution in [3.8, 4) is 5.75 Å². The highest BCUT2D eigenvalue weighted by Gasteiger charge is 2.10. The van der Waals surface area contributed by atoms with Crippen LogP contribution in [-0.2, 0) is 4.74 Å². The first-order valence-corrected chi connectivity index (χ1v) is 6.52. The van der Waals surface area contributed by atoms with E-state index >= 15 is 0 Å². The molecule has 6 heteroatoms. The number of benzene rings is 1. The second kappa shape index (κ2) is 8.71. The van der Waals surface area contributed by atoms with Crippen molar-refractivity contribution in [1.29, 1.82) is 0 Å². The van der Waals surface area contributed by atoms with Crippen LogP contribution in [-0.4, -0.2) is 37.6 Å². The Balaban J connectivity index is 2.40. The molecule has 1 aromatic carbocycles. The Kier molecular flexibility index (Phi) is 7.25. The SMILES string of the molecule is CC(C)COCC(O)CNc1ccccc1OC(F)F. The molecule has 20 heavy (non-hydrogen) atoms. The van der Waals surface area contributed by atoms with Crippen molar-refractivity contribution in [2.24, 2.45) is 5.92 Å². The molecule has 0 aliphatic carbocycles. The van der Waals surface area contributed by atoms with Crippen LogP contribution in [0.25, 0.3) is 0 Å². The van der Waals surface area contributed by atoms with Gasteiger partial charge in [0, 0.05) is 13.2 Å². The molecule has 0 heterocycles. The molecule has 0 aliphatic rings. The highest BCUT2D eigenvalue weighted by atomic mass is 19.3. The molecule has 0 radical (unpaired) electrons. The molecular formula is C14H21F2NO3. The number of halogens is 2. The third kappa shape index (κ3) is 6.68. The fourth-order valence-corrected chi connectivity index (χ4v) is 1.54. The van der Waals surface area contributed by atoms with E-state index in [1.807, 2.05) is 13.8 Å². The zero-order valence-corrected chi connectivity index (χ0v) is 11.7. The van der Waals surface area contributed by atoms with E-state index < -0.39 is 12.7 Å². The predicted molar refractivity (Wildman–Crippen MR) is 73.2 cm³/mol. The quantitative estimate of drug-likeness (QED) is 0.734. The van der Waals surface area contributed by atoms with Gasteiger partial charge in [-0.05, 0) is 18.1 Å². The van der Waals surface area contributed by atoms with Crippen LogP contribution in [0, 0.1) is 5.92 Å². The lowest BCUT2D eigenvalue weighted by atomic mass is 10.2. The van der Waals surface area contributed by atoms with E-state index in [4.69, 9.17) is 4.74 Å². The Bertz CT molecular complexity index is 388. The summed E-state index contributed by atoms with van der Waals surface area (Å²) in [6, 6.07) is 6.35. The standard InChI is InChI=1S/C14H21F2NO3/c1-10(2)8-19-9-11(18)7-17-12-5-3-4-6-13(12)20-14(15)16/h3-6,10-11,14,17-18H,7-9H2,1-2H3. The number of para-hydroxylation sites is 2. The van der Waals surface area contributed by atoms with Gasteiger partial charge >= 0.3 is 6.61 Å². The topological polar surface area (TPSA) is 50.7 Å². The molecule has 0 saturated heterocycles. The van der Waals surface area contributed by atoms with Gasteiger partial charge in [0.25, 0.3) is 0 Å². The van der Waals surface area contributed by atoms with Crippen LogP contribution in [0.4, 0.5) is 14.5 Å². The third-order valence-electron chi connectivity index (χ3n) is 2.39. The van der Waals surface area contributed by atoms with E-state index in [0.29, 0.717) is 18.2 Å². The van der Waals surface area contributed by atoms with Crippen molar-refractivity contribution < 1.29 is 23.4 Å². The van der Waals surface area contributed by atoms with Gasteiger partial charge in [0.05, 0.1) is 18.4 Å². The summed E-state index contributed by atoms with van der Waals surface area (Å²) in [5, 5.41) is 12.6. The van der Waals surface area contributed by atoms with E-state index in [2.05, 4.69) is 10.1 Å². The molecule has 114 valence electrons. The maximum Gasteiger partial charge on any atom is 0.387 e. The van der Waals surface area contributed by atoms with E-state index in [9.17, 15) is 13.9 Å². The maximum atomic E-state index is 12.2. The number of hydrogen-bond acceptors (Lipinski definition) is 4. The van der Waals surface area contributed by atoms with Gasteiger partial charge in [-0.2, -0.15) is 8.78 Å². The molecule has 0 amide bonds. The highest BCUT2D eigenvalue weighted by Crippen LogP contribution is 2.25. The predicted octanol–water partition coefficient (Wildman–Crippen LogP) is 2.73. The van der Waals surface area contributed by atoms with Crippen LogP contribution in [0.1, 0.15) is 13.8 Å². The number of ether oxygens (including phenoxy) is 2. The number of rotatable bonds is 9. The Hall–Kier alpha value is -1.40. The molecule has 1 unspecified atom stereocenters. The van der Waals surface area contributed by atoms with Gasteiger partial charge < -0.3 is 19.9 Å². The van der Waals surface area contributed by atoms with Crippen LogP contribution in [0.15, 0.2) is 24.3 Å². The molecule has 1 atom stereocenters. The molecule has 2 N–H and O–H groups in total. The maximum absolute atomic E-state index is 12.2. The summed E-state index contributed by atoms with van der Waals surface area (Å²) in [6.45, 7) is 2.12. The molecule has 1 aromatic rings. The fraction of sp³-hybridized carbons (Fsp3) is 0.571. The van der Waals surface area contributed by atoms with Crippen LogP contribution >= 0.6 is 0 Å². The summed E-state index contributed by atoms with van der Waals surface area (Å²) >= 11 is 0. The molecule has 0 saturated carbocycles. The van der Waals surface area contributed by atoms with E-state index in [1.165, 1.54) is 6.07 Å². The van der Waals surface area contributed by atoms with E-state index in [0.717, 1.165) is 0 Å². The molecule has 4 nitrogen and oxygen atoms in total. The van der Waals surface area contributed by atoms with Crippen molar-refractivity contribution in [2.75, 3.05) is 25.1 Å². The van der Waals surface area contributed by atoms with Crippen LogP contribution in [0.2, 0.25) is 0 Å². The van der Waals surface area contributed by atoms with E-state index in [-0.39, 0.29) is 18.9 Å². The third-order valence-corrected chi connectivity index (χ3v) is 2.39. The molecular weight excluding hydrogens is 268 g/mol. The second-order valence-corrected chi connectivity index (χ2v) is 4.84. The lowest BCUT2D eigenvalue weighted by Gasteiger charge is -2.16. The number of nitrogens with one attached hydrogen (secondary N) is 1. The first kappa shape index (κ1) is 16.7. The Morgan fingerprint density at radius 3 is 2.55 bits per heavy atom. The van der Waals surface area contributed by atoms with Crippen LogP contribution in [0.3, 0.4) is 0 Å². The van der Waals surface area contributed by atoms with Gasteiger partial charge in [-0.1, -0.05) is 26.0 Å². The lowest BCUT2D eigenvalue weighted by Crippen LogP contribution is -2.26. The first-order chi connectivity index (χ1) is 9.49. The molecule has 0 spiro atoms. The first-order valence-electron chi connectivity index (χ1n) is 6.52. The summed E-state index contributed by atoms with van der Waals surface area (Å²) in [6.07, 6.45) is -0.714. The average Bonchev–Trinajstić information content (AvgIpc) is 2.36. The number of aliphatic hydroxyl groups is 1. The summed E-state index contributed by atoms with van der Waals surface area (Å²) in [7, 11) is 0. The number of aliphatic hydroxyl groups excluding tert-OH is 1. The number of alkyl halides is 2. The smallest absolute Gasteiger partial charge is 0.387 e. The molecule has 0 aromatic heterocycles. The molecule has 0 fully saturated rings. The molecule has 1 rings (SSSR count). The zero-order chi connectivity index (χ0) is 15.0. The summed E-state index contributed by atoms with van der Waals surface area (Å²) in [5.74, 6) is 0.452. The van der Waals surface area contributed by atoms with Gasteiger partial charge in [-0.15, -0.1) is 0 Å². The van der Waals surface area contributed by atoms with Gasteiger partial charge in [0.1, 0.15) is 5.75 Å². The van der Waals surface area contributed by atoms with Crippen molar-refractivity contribution in [2.45, 2.75) is 26.6 Å². The summed E-state index contributed by atoms with van der Waals surface area (Å²) < 4.78 is 34.1. The fourth-order valence-electron chi connectivity index (χ4n) is 1.54. The monoisotopic (exact) mass is 289 g/mol. The number of hydrogen-bond donors (Lipinski definition) is 2. The minimum atomic E-state index is -2.88. The Morgan fingerprint density at radius 2 is 1.90 bits per heavy atom. The number of anilines is 1. The minimum absolute atomic E-state index is 0.0535. The lowest BCUT2D eigenvalue weighted by molar-refractivity contribution is -0.0493. The van der Waals surface area contributed by atoms with Crippen LogP contribution in [0.5, 0.6) is 5.75 Å². The van der Waals surface area contributed by atoms with Crippen molar-refractivity contribution in [1.82, 2.24) is 0 Å². The molecule has 0 aliphatic heterocycles. The normalized spacial score (nSPS) is 12.8. The Labute approximate surface area is 117 Å². The van der Waals surface area contributed by atoms with Gasteiger partial charge in [0.2, 0.25) is 0 Å². The summed E-state index contributed by atoms with van der Waals surface area (Å²) in [4.78, 5) is 0. The average molecular weight is 289 g/mol. The highest BCUT2D eigenvalue weighted by molar-refractivity contribution is 5.56. The van der Waals surface area contributed by atoms with Crippen molar-refractivity contribution >= 4 is 5.69 Å². The molecule has 0 bridgehead atoms. The summed E-state index contributed by atoms with van der Waals surface area (Å²) in [5.41, 5.74) is 0.413. The van der Waals surface area contributed by atoms with E-state index in [1.54, 1.807) is 18.2 Å². The largest absolute Gasteiger partial charge is 0.433 e. The van der Waals surface area contributed by atoms with Gasteiger partial charge in [-0.25, -0.2) is 0 Å². The zero-order valence-electron chi connectivity index (χ0n) is 11.7. The van der Waals surface area contributed by atoms with Crippen LogP contribution < -0.4 is 10.1 Å². The van der Waals surface area contributed by atoms with Gasteiger partial charge in [0.15, 0.2) is 0 Å². The Morgan fingerprint density at radius 1 is 1.20 bits per heavy atom. The van der Waals surface area contributed by atoms with Gasteiger partial charge in [-0.3, -0.25) is 0 Å². The van der Waals surface area contributed by atoms with Crippen molar-refractivity contribution in [3.63, 3.8) is 0 Å². The van der Waals surface area contributed by atoms with Crippen molar-refractivity contribution in [3.05, 3.63) is 24.3 Å².